The Morgan fingerprint density at radius 3 is 1.31 bits per heavy atom. The minimum Gasteiger partial charge on any atom is -0.481 e. The molecule has 0 aromatic carbocycles. The maximum Gasteiger partial charge on any atom is 0.310 e. The Morgan fingerprint density at radius 1 is 0.654 bits per heavy atom. The number of carbonyl (C=O) groups is 2. The highest BCUT2D eigenvalue weighted by Gasteiger charge is 2.39. The van der Waals surface area contributed by atoms with Gasteiger partial charge in [0.25, 0.3) is 0 Å². The van der Waals surface area contributed by atoms with Crippen LogP contribution in [0.15, 0.2) is 0 Å². The standard InChI is InChI=1S/C20H38O4.2H3N/c1-3-5-7-9-11-13-15-20(19(23)24,17-18(21)22)16-14-12-10-8-6-4-2;;/h3-17H2,1-2H3,(H,21,22)(H,23,24);2*1H3. The Morgan fingerprint density at radius 2 is 1.00 bits per heavy atom. The first-order chi connectivity index (χ1) is 11.5. The molecule has 6 heteroatoms. The first kappa shape index (κ1) is 29.6. The summed E-state index contributed by atoms with van der Waals surface area (Å²) >= 11 is 0. The summed E-state index contributed by atoms with van der Waals surface area (Å²) < 4.78 is 0. The first-order valence-corrected chi connectivity index (χ1v) is 9.93. The van der Waals surface area contributed by atoms with E-state index in [0.29, 0.717) is 12.8 Å². The average molecular weight is 377 g/mol. The van der Waals surface area contributed by atoms with Gasteiger partial charge in [-0.1, -0.05) is 90.9 Å². The van der Waals surface area contributed by atoms with Crippen molar-refractivity contribution in [2.24, 2.45) is 5.41 Å². The lowest BCUT2D eigenvalue weighted by molar-refractivity contribution is -0.157. The Bertz CT molecular complexity index is 333. The molecule has 0 rings (SSSR count). The van der Waals surface area contributed by atoms with Crippen LogP contribution in [0.1, 0.15) is 110 Å². The summed E-state index contributed by atoms with van der Waals surface area (Å²) in [6.07, 6.45) is 13.8. The van der Waals surface area contributed by atoms with Crippen LogP contribution < -0.4 is 12.3 Å². The van der Waals surface area contributed by atoms with E-state index in [-0.39, 0.29) is 18.7 Å². The van der Waals surface area contributed by atoms with Gasteiger partial charge >= 0.3 is 11.9 Å². The van der Waals surface area contributed by atoms with E-state index in [2.05, 4.69) is 13.8 Å². The molecule has 8 N–H and O–H groups in total. The summed E-state index contributed by atoms with van der Waals surface area (Å²) in [4.78, 5) is 23.0. The van der Waals surface area contributed by atoms with Crippen LogP contribution in [0.4, 0.5) is 0 Å². The van der Waals surface area contributed by atoms with E-state index in [0.717, 1.165) is 38.5 Å². The molecule has 6 nitrogen and oxygen atoms in total. The molecule has 0 aliphatic heterocycles. The third kappa shape index (κ3) is 14.1. The Balaban J connectivity index is -0.00000264. The predicted molar refractivity (Wildman–Crippen MR) is 108 cm³/mol. The van der Waals surface area contributed by atoms with E-state index in [1.165, 1.54) is 38.5 Å². The zero-order valence-corrected chi connectivity index (χ0v) is 17.2. The molecule has 0 saturated carbocycles. The van der Waals surface area contributed by atoms with Gasteiger partial charge in [-0.15, -0.1) is 0 Å². The fourth-order valence-electron chi connectivity index (χ4n) is 3.37. The zero-order chi connectivity index (χ0) is 18.3. The molecule has 0 saturated heterocycles. The normalized spacial score (nSPS) is 10.7. The molecule has 0 aromatic rings. The Labute approximate surface area is 160 Å². The van der Waals surface area contributed by atoms with Crippen LogP contribution in [0.3, 0.4) is 0 Å². The Kier molecular flexibility index (Phi) is 21.2. The highest BCUT2D eigenvalue weighted by Crippen LogP contribution is 2.36. The predicted octanol–water partition coefficient (Wildman–Crippen LogP) is 6.36. The molecule has 0 fully saturated rings. The van der Waals surface area contributed by atoms with Crippen molar-refractivity contribution in [2.75, 3.05) is 0 Å². The van der Waals surface area contributed by atoms with Crippen molar-refractivity contribution in [3.05, 3.63) is 0 Å². The van der Waals surface area contributed by atoms with Gasteiger partial charge in [0, 0.05) is 0 Å². The summed E-state index contributed by atoms with van der Waals surface area (Å²) in [7, 11) is 0. The summed E-state index contributed by atoms with van der Waals surface area (Å²) in [5.41, 5.74) is -1.07. The highest BCUT2D eigenvalue weighted by atomic mass is 16.4. The summed E-state index contributed by atoms with van der Waals surface area (Å²) in [5, 5.41) is 18.9. The van der Waals surface area contributed by atoms with Gasteiger partial charge in [0.1, 0.15) is 0 Å². The molecule has 0 spiro atoms. The molecular formula is C20H44N2O4. The van der Waals surface area contributed by atoms with Crippen molar-refractivity contribution in [2.45, 2.75) is 110 Å². The fourth-order valence-corrected chi connectivity index (χ4v) is 3.37. The lowest BCUT2D eigenvalue weighted by Crippen LogP contribution is -2.33. The second kappa shape index (κ2) is 18.6. The summed E-state index contributed by atoms with van der Waals surface area (Å²) in [5.74, 6) is -1.92. The van der Waals surface area contributed by atoms with Gasteiger partial charge in [0.05, 0.1) is 11.8 Å². The van der Waals surface area contributed by atoms with Crippen LogP contribution in [0, 0.1) is 5.41 Å². The second-order valence-electron chi connectivity index (χ2n) is 7.19. The van der Waals surface area contributed by atoms with E-state index in [9.17, 15) is 19.8 Å². The summed E-state index contributed by atoms with van der Waals surface area (Å²) in [6, 6.07) is 0. The number of hydrogen-bond acceptors (Lipinski definition) is 4. The van der Waals surface area contributed by atoms with Gasteiger partial charge in [0.15, 0.2) is 0 Å². The third-order valence-corrected chi connectivity index (χ3v) is 4.96. The van der Waals surface area contributed by atoms with Crippen LogP contribution >= 0.6 is 0 Å². The molecule has 0 aliphatic rings. The van der Waals surface area contributed by atoms with Gasteiger partial charge in [-0.25, -0.2) is 0 Å². The van der Waals surface area contributed by atoms with Crippen molar-refractivity contribution >= 4 is 11.9 Å². The van der Waals surface area contributed by atoms with Gasteiger partial charge < -0.3 is 22.5 Å². The van der Waals surface area contributed by atoms with Gasteiger partial charge in [-0.2, -0.15) is 0 Å². The molecule has 0 aliphatic carbocycles. The molecule has 26 heavy (non-hydrogen) atoms. The summed E-state index contributed by atoms with van der Waals surface area (Å²) in [6.45, 7) is 4.34. The molecular weight excluding hydrogens is 332 g/mol. The quantitative estimate of drug-likeness (QED) is 0.217. The van der Waals surface area contributed by atoms with Crippen molar-refractivity contribution in [3.8, 4) is 0 Å². The monoisotopic (exact) mass is 376 g/mol. The number of rotatable bonds is 17. The second-order valence-corrected chi connectivity index (χ2v) is 7.19. The van der Waals surface area contributed by atoms with Gasteiger partial charge in [-0.05, 0) is 12.8 Å². The minimum atomic E-state index is -1.07. The van der Waals surface area contributed by atoms with Crippen molar-refractivity contribution < 1.29 is 19.8 Å². The molecule has 0 amide bonds. The van der Waals surface area contributed by atoms with Crippen molar-refractivity contribution in [1.29, 1.82) is 0 Å². The smallest absolute Gasteiger partial charge is 0.310 e. The van der Waals surface area contributed by atoms with Crippen molar-refractivity contribution in [1.82, 2.24) is 12.3 Å². The number of aliphatic carboxylic acids is 2. The van der Waals surface area contributed by atoms with Gasteiger partial charge in [0.2, 0.25) is 0 Å². The molecule has 0 heterocycles. The Hall–Kier alpha value is -1.14. The van der Waals surface area contributed by atoms with Crippen LogP contribution in [0.25, 0.3) is 0 Å². The molecule has 0 unspecified atom stereocenters. The van der Waals surface area contributed by atoms with Crippen LogP contribution in [-0.4, -0.2) is 22.2 Å². The minimum absolute atomic E-state index is 0. The molecule has 158 valence electrons. The molecule has 0 radical (unpaired) electrons. The number of unbranched alkanes of at least 4 members (excludes halogenated alkanes) is 10. The van der Waals surface area contributed by atoms with E-state index in [1.807, 2.05) is 0 Å². The van der Waals surface area contributed by atoms with Crippen LogP contribution in [0.5, 0.6) is 0 Å². The van der Waals surface area contributed by atoms with E-state index in [4.69, 9.17) is 0 Å². The topological polar surface area (TPSA) is 145 Å². The number of carboxylic acids is 2. The molecule has 0 bridgehead atoms. The average Bonchev–Trinajstić information content (AvgIpc) is 2.53. The van der Waals surface area contributed by atoms with Crippen LogP contribution in [-0.2, 0) is 9.59 Å². The van der Waals surface area contributed by atoms with Crippen LogP contribution in [0.2, 0.25) is 0 Å². The highest BCUT2D eigenvalue weighted by molar-refractivity contribution is 5.81. The van der Waals surface area contributed by atoms with E-state index >= 15 is 0 Å². The molecule has 0 aromatic heterocycles. The lowest BCUT2D eigenvalue weighted by Gasteiger charge is -2.28. The van der Waals surface area contributed by atoms with E-state index < -0.39 is 17.4 Å². The SMILES string of the molecule is CCCCCCCCC(CCCCCCCC)(CC(=O)O)C(=O)O.N.N. The van der Waals surface area contributed by atoms with Crippen molar-refractivity contribution in [3.63, 3.8) is 0 Å². The molecule has 0 atom stereocenters. The largest absolute Gasteiger partial charge is 0.481 e. The zero-order valence-electron chi connectivity index (χ0n) is 17.2. The lowest BCUT2D eigenvalue weighted by atomic mass is 9.75. The van der Waals surface area contributed by atoms with Gasteiger partial charge in [-0.3, -0.25) is 9.59 Å². The fraction of sp³-hybridized carbons (Fsp3) is 0.900. The number of carboxylic acid groups (broad SMARTS) is 2. The maximum atomic E-state index is 11.8. The third-order valence-electron chi connectivity index (χ3n) is 4.96. The van der Waals surface area contributed by atoms with E-state index in [1.54, 1.807) is 0 Å². The number of hydrogen-bond donors (Lipinski definition) is 4. The first-order valence-electron chi connectivity index (χ1n) is 9.93. The maximum absolute atomic E-state index is 11.8.